The third kappa shape index (κ3) is 3.87. The third-order valence-corrected chi connectivity index (χ3v) is 4.77. The van der Waals surface area contributed by atoms with E-state index in [4.69, 9.17) is 0 Å². The molecule has 0 aliphatic carbocycles. The Morgan fingerprint density at radius 1 is 1.36 bits per heavy atom. The Hall–Kier alpha value is -1.39. The third-order valence-electron chi connectivity index (χ3n) is 4.77. The molecule has 4 nitrogen and oxygen atoms in total. The van der Waals surface area contributed by atoms with Gasteiger partial charge in [0, 0.05) is 31.2 Å². The number of benzene rings is 1. The number of hydrogen-bond donors (Lipinski definition) is 2. The fourth-order valence-electron chi connectivity index (χ4n) is 2.56. The van der Waals surface area contributed by atoms with Crippen LogP contribution in [0.4, 0.5) is 5.69 Å². The molecule has 122 valence electrons. The lowest BCUT2D eigenvalue weighted by atomic mass is 9.92. The molecule has 0 bridgehead atoms. The number of amides is 1. The zero-order chi connectivity index (χ0) is 16.3. The molecule has 1 aliphatic rings. The predicted molar refractivity (Wildman–Crippen MR) is 89.9 cm³/mol. The minimum absolute atomic E-state index is 0.128. The quantitative estimate of drug-likeness (QED) is 0.849. The van der Waals surface area contributed by atoms with Crippen LogP contribution in [0.3, 0.4) is 0 Å². The first-order valence-electron chi connectivity index (χ1n) is 8.17. The summed E-state index contributed by atoms with van der Waals surface area (Å²) < 4.78 is 0. The molecule has 1 aromatic carbocycles. The molecule has 1 fully saturated rings. The summed E-state index contributed by atoms with van der Waals surface area (Å²) in [6.45, 7) is 9.33. The van der Waals surface area contributed by atoms with Crippen molar-refractivity contribution in [1.82, 2.24) is 5.32 Å². The van der Waals surface area contributed by atoms with E-state index in [1.807, 2.05) is 37.8 Å². The van der Waals surface area contributed by atoms with Crippen molar-refractivity contribution in [3.05, 3.63) is 29.8 Å². The predicted octanol–water partition coefficient (Wildman–Crippen LogP) is 2.87. The average molecular weight is 304 g/mol. The number of aliphatic hydroxyl groups is 1. The van der Waals surface area contributed by atoms with Crippen LogP contribution in [-0.2, 0) is 4.79 Å². The van der Waals surface area contributed by atoms with Gasteiger partial charge in [-0.1, -0.05) is 26.0 Å². The first kappa shape index (κ1) is 17.0. The summed E-state index contributed by atoms with van der Waals surface area (Å²) in [6.07, 6.45) is 1.59. The molecular weight excluding hydrogens is 276 g/mol. The first-order valence-corrected chi connectivity index (χ1v) is 8.17. The summed E-state index contributed by atoms with van der Waals surface area (Å²) in [6, 6.07) is 8.25. The average Bonchev–Trinajstić information content (AvgIpc) is 2.91. The number of rotatable bonds is 6. The summed E-state index contributed by atoms with van der Waals surface area (Å²) in [4.78, 5) is 13.7. The van der Waals surface area contributed by atoms with Gasteiger partial charge in [-0.05, 0) is 43.9 Å². The number of nitrogens with zero attached hydrogens (tertiary/aromatic N) is 1. The van der Waals surface area contributed by atoms with E-state index in [0.717, 1.165) is 24.2 Å². The molecular formula is C18H28N2O2. The second-order valence-electron chi connectivity index (χ2n) is 6.86. The standard InChI is InChI=1S/C18H28N2O2/c1-13(2)18(4,22)12-19-14(3)15-7-5-8-16(11-15)20-10-6-9-17(20)21/h5,7-8,11,13-14,19,22H,6,9-10,12H2,1-4H3. The first-order chi connectivity index (χ1) is 10.3. The number of hydrogen-bond acceptors (Lipinski definition) is 3. The van der Waals surface area contributed by atoms with Gasteiger partial charge in [-0.25, -0.2) is 0 Å². The maximum atomic E-state index is 11.9. The van der Waals surface area contributed by atoms with Crippen LogP contribution in [0.2, 0.25) is 0 Å². The van der Waals surface area contributed by atoms with Gasteiger partial charge in [-0.15, -0.1) is 0 Å². The molecule has 1 heterocycles. The van der Waals surface area contributed by atoms with Crippen molar-refractivity contribution in [3.63, 3.8) is 0 Å². The fraction of sp³-hybridized carbons (Fsp3) is 0.611. The van der Waals surface area contributed by atoms with Gasteiger partial charge >= 0.3 is 0 Å². The highest BCUT2D eigenvalue weighted by Crippen LogP contribution is 2.25. The summed E-state index contributed by atoms with van der Waals surface area (Å²) in [5, 5.41) is 13.7. The van der Waals surface area contributed by atoms with Gasteiger partial charge in [-0.2, -0.15) is 0 Å². The molecule has 2 N–H and O–H groups in total. The SMILES string of the molecule is CC(NCC(C)(O)C(C)C)c1cccc(N2CCCC2=O)c1. The molecule has 0 saturated carbocycles. The van der Waals surface area contributed by atoms with Crippen molar-refractivity contribution < 1.29 is 9.90 Å². The summed E-state index contributed by atoms with van der Waals surface area (Å²) in [7, 11) is 0. The van der Waals surface area contributed by atoms with E-state index < -0.39 is 5.60 Å². The molecule has 4 heteroatoms. The highest BCUT2D eigenvalue weighted by atomic mass is 16.3. The monoisotopic (exact) mass is 304 g/mol. The van der Waals surface area contributed by atoms with Gasteiger partial charge in [0.1, 0.15) is 0 Å². The van der Waals surface area contributed by atoms with E-state index >= 15 is 0 Å². The van der Waals surface area contributed by atoms with Gasteiger partial charge < -0.3 is 15.3 Å². The van der Waals surface area contributed by atoms with E-state index in [0.29, 0.717) is 13.0 Å². The summed E-state index contributed by atoms with van der Waals surface area (Å²) in [5.74, 6) is 0.404. The molecule has 0 spiro atoms. The zero-order valence-corrected chi connectivity index (χ0v) is 14.1. The van der Waals surface area contributed by atoms with Crippen molar-refractivity contribution in [2.24, 2.45) is 5.92 Å². The number of anilines is 1. The second-order valence-corrected chi connectivity index (χ2v) is 6.86. The molecule has 0 radical (unpaired) electrons. The summed E-state index contributed by atoms with van der Waals surface area (Å²) >= 11 is 0. The maximum absolute atomic E-state index is 11.9. The van der Waals surface area contributed by atoms with Crippen LogP contribution >= 0.6 is 0 Å². The molecule has 2 rings (SSSR count). The van der Waals surface area contributed by atoms with Gasteiger partial charge in [0.25, 0.3) is 0 Å². The van der Waals surface area contributed by atoms with Crippen molar-refractivity contribution >= 4 is 11.6 Å². The Morgan fingerprint density at radius 2 is 2.09 bits per heavy atom. The highest BCUT2D eigenvalue weighted by molar-refractivity contribution is 5.95. The molecule has 0 aromatic heterocycles. The second kappa shape index (κ2) is 6.80. The fourth-order valence-corrected chi connectivity index (χ4v) is 2.56. The smallest absolute Gasteiger partial charge is 0.227 e. The lowest BCUT2D eigenvalue weighted by molar-refractivity contribution is -0.117. The van der Waals surface area contributed by atoms with Gasteiger partial charge in [0.2, 0.25) is 5.91 Å². The Labute approximate surface area is 133 Å². The minimum atomic E-state index is -0.725. The number of nitrogens with one attached hydrogen (secondary N) is 1. The van der Waals surface area contributed by atoms with Crippen molar-refractivity contribution in [2.45, 2.75) is 52.2 Å². The van der Waals surface area contributed by atoms with E-state index in [1.165, 1.54) is 0 Å². The number of carbonyl (C=O) groups excluding carboxylic acids is 1. The molecule has 1 amide bonds. The van der Waals surface area contributed by atoms with Crippen LogP contribution in [0.1, 0.15) is 52.1 Å². The van der Waals surface area contributed by atoms with Crippen molar-refractivity contribution in [2.75, 3.05) is 18.0 Å². The largest absolute Gasteiger partial charge is 0.389 e. The van der Waals surface area contributed by atoms with Crippen LogP contribution in [0.15, 0.2) is 24.3 Å². The molecule has 1 saturated heterocycles. The highest BCUT2D eigenvalue weighted by Gasteiger charge is 2.26. The van der Waals surface area contributed by atoms with Crippen LogP contribution in [0.25, 0.3) is 0 Å². The van der Waals surface area contributed by atoms with Crippen molar-refractivity contribution in [1.29, 1.82) is 0 Å². The van der Waals surface area contributed by atoms with Gasteiger partial charge in [-0.3, -0.25) is 4.79 Å². The Balaban J connectivity index is 2.04. The van der Waals surface area contributed by atoms with Crippen LogP contribution in [0.5, 0.6) is 0 Å². The topological polar surface area (TPSA) is 52.6 Å². The Kier molecular flexibility index (Phi) is 5.24. The number of carbonyl (C=O) groups is 1. The van der Waals surface area contributed by atoms with Crippen molar-refractivity contribution in [3.8, 4) is 0 Å². The lowest BCUT2D eigenvalue weighted by Gasteiger charge is -2.30. The molecule has 2 atom stereocenters. The van der Waals surface area contributed by atoms with Gasteiger partial charge in [0.15, 0.2) is 0 Å². The maximum Gasteiger partial charge on any atom is 0.227 e. The summed E-state index contributed by atoms with van der Waals surface area (Å²) in [5.41, 5.74) is 1.39. The van der Waals surface area contributed by atoms with Crippen LogP contribution < -0.4 is 10.2 Å². The lowest BCUT2D eigenvalue weighted by Crippen LogP contribution is -2.43. The molecule has 2 unspecified atom stereocenters. The van der Waals surface area contributed by atoms with E-state index in [1.54, 1.807) is 0 Å². The zero-order valence-electron chi connectivity index (χ0n) is 14.1. The van der Waals surface area contributed by atoms with Crippen LogP contribution in [0, 0.1) is 5.92 Å². The minimum Gasteiger partial charge on any atom is -0.389 e. The molecule has 1 aromatic rings. The van der Waals surface area contributed by atoms with Crippen LogP contribution in [-0.4, -0.2) is 29.7 Å². The molecule has 1 aliphatic heterocycles. The van der Waals surface area contributed by atoms with E-state index in [9.17, 15) is 9.90 Å². The van der Waals surface area contributed by atoms with E-state index in [-0.39, 0.29) is 17.9 Å². The molecule has 22 heavy (non-hydrogen) atoms. The Morgan fingerprint density at radius 3 is 2.68 bits per heavy atom. The van der Waals surface area contributed by atoms with E-state index in [2.05, 4.69) is 24.4 Å². The Bertz CT molecular complexity index is 526. The normalized spacial score (nSPS) is 19.5. The van der Waals surface area contributed by atoms with Gasteiger partial charge in [0.05, 0.1) is 5.60 Å².